The molecule has 1 aromatic rings. The Morgan fingerprint density at radius 1 is 1.27 bits per heavy atom. The van der Waals surface area contributed by atoms with E-state index in [0.29, 0.717) is 5.41 Å². The molecule has 0 aliphatic rings. The van der Waals surface area contributed by atoms with Crippen LogP contribution in [0.5, 0.6) is 0 Å². The molecule has 0 saturated carbocycles. The predicted octanol–water partition coefficient (Wildman–Crippen LogP) is 5.08. The van der Waals surface area contributed by atoms with Crippen molar-refractivity contribution in [1.82, 2.24) is 0 Å². The fourth-order valence-electron chi connectivity index (χ4n) is 1.82. The van der Waals surface area contributed by atoms with Gasteiger partial charge in [0.1, 0.15) is 0 Å². The molecule has 2 heteroatoms. The molecule has 0 N–H and O–H groups in total. The number of hydrogen-bond acceptors (Lipinski definition) is 0. The van der Waals surface area contributed by atoms with E-state index in [0.717, 1.165) is 16.8 Å². The summed E-state index contributed by atoms with van der Waals surface area (Å²) < 4.78 is 0. The van der Waals surface area contributed by atoms with Crippen LogP contribution in [-0.4, -0.2) is 5.33 Å². The molecule has 0 unspecified atom stereocenters. The molecule has 0 amide bonds. The standard InChI is InChI=1S/C13H18BrCl/c1-3-13(4-2,10-14)9-11-6-5-7-12(15)8-11/h5-8H,3-4,9-10H2,1-2H3. The summed E-state index contributed by atoms with van der Waals surface area (Å²) in [4.78, 5) is 0. The minimum absolute atomic E-state index is 0.380. The SMILES string of the molecule is CCC(CC)(CBr)Cc1cccc(Cl)c1. The quantitative estimate of drug-likeness (QED) is 0.663. The highest BCUT2D eigenvalue weighted by Gasteiger charge is 2.24. The van der Waals surface area contributed by atoms with Crippen LogP contribution < -0.4 is 0 Å². The van der Waals surface area contributed by atoms with Crippen molar-refractivity contribution in [3.05, 3.63) is 34.9 Å². The summed E-state index contributed by atoms with van der Waals surface area (Å²) in [5, 5.41) is 1.89. The van der Waals surface area contributed by atoms with Crippen LogP contribution >= 0.6 is 27.5 Å². The summed E-state index contributed by atoms with van der Waals surface area (Å²) in [6.45, 7) is 4.52. The van der Waals surface area contributed by atoms with Crippen LogP contribution in [0, 0.1) is 5.41 Å². The van der Waals surface area contributed by atoms with Gasteiger partial charge in [-0.3, -0.25) is 0 Å². The van der Waals surface area contributed by atoms with Crippen LogP contribution in [0.4, 0.5) is 0 Å². The van der Waals surface area contributed by atoms with E-state index < -0.39 is 0 Å². The van der Waals surface area contributed by atoms with Gasteiger partial charge < -0.3 is 0 Å². The molecule has 1 aromatic carbocycles. The van der Waals surface area contributed by atoms with Crippen LogP contribution in [0.15, 0.2) is 24.3 Å². The molecule has 0 aliphatic heterocycles. The lowest BCUT2D eigenvalue weighted by Gasteiger charge is -2.29. The number of alkyl halides is 1. The van der Waals surface area contributed by atoms with E-state index in [1.807, 2.05) is 12.1 Å². The van der Waals surface area contributed by atoms with Crippen molar-refractivity contribution in [2.75, 3.05) is 5.33 Å². The second-order valence-electron chi connectivity index (χ2n) is 4.15. The second kappa shape index (κ2) is 5.91. The second-order valence-corrected chi connectivity index (χ2v) is 5.14. The third kappa shape index (κ3) is 3.49. The number of benzene rings is 1. The van der Waals surface area contributed by atoms with Crippen molar-refractivity contribution in [3.8, 4) is 0 Å². The summed E-state index contributed by atoms with van der Waals surface area (Å²) in [6.07, 6.45) is 3.49. The molecule has 0 saturated heterocycles. The van der Waals surface area contributed by atoms with Gasteiger partial charge in [-0.1, -0.05) is 53.5 Å². The molecular formula is C13H18BrCl. The number of halogens is 2. The third-order valence-electron chi connectivity index (χ3n) is 3.25. The zero-order valence-corrected chi connectivity index (χ0v) is 11.7. The fourth-order valence-corrected chi connectivity index (χ4v) is 3.02. The van der Waals surface area contributed by atoms with E-state index in [-0.39, 0.29) is 0 Å². The largest absolute Gasteiger partial charge is 0.0922 e. The molecule has 0 nitrogen and oxygen atoms in total. The molecule has 0 bridgehead atoms. The van der Waals surface area contributed by atoms with Crippen LogP contribution in [0.1, 0.15) is 32.3 Å². The van der Waals surface area contributed by atoms with Crippen molar-refractivity contribution in [3.63, 3.8) is 0 Å². The van der Waals surface area contributed by atoms with Gasteiger partial charge in [0.15, 0.2) is 0 Å². The molecular weight excluding hydrogens is 271 g/mol. The molecule has 0 fully saturated rings. The molecule has 15 heavy (non-hydrogen) atoms. The lowest BCUT2D eigenvalue weighted by molar-refractivity contribution is 0.307. The summed E-state index contributed by atoms with van der Waals surface area (Å²) in [7, 11) is 0. The third-order valence-corrected chi connectivity index (χ3v) is 4.68. The van der Waals surface area contributed by atoms with Crippen molar-refractivity contribution in [2.24, 2.45) is 5.41 Å². The molecule has 0 radical (unpaired) electrons. The first-order chi connectivity index (χ1) is 7.15. The van der Waals surface area contributed by atoms with Crippen LogP contribution in [0.25, 0.3) is 0 Å². The van der Waals surface area contributed by atoms with Crippen molar-refractivity contribution in [1.29, 1.82) is 0 Å². The van der Waals surface area contributed by atoms with Crippen molar-refractivity contribution >= 4 is 27.5 Å². The van der Waals surface area contributed by atoms with Gasteiger partial charge >= 0.3 is 0 Å². The Morgan fingerprint density at radius 3 is 2.40 bits per heavy atom. The molecule has 1 rings (SSSR count). The first-order valence-electron chi connectivity index (χ1n) is 5.46. The van der Waals surface area contributed by atoms with Gasteiger partial charge in [0.2, 0.25) is 0 Å². The van der Waals surface area contributed by atoms with Crippen LogP contribution in [0.3, 0.4) is 0 Å². The van der Waals surface area contributed by atoms with Crippen LogP contribution in [0.2, 0.25) is 5.02 Å². The normalized spacial score (nSPS) is 11.7. The smallest absolute Gasteiger partial charge is 0.0408 e. The van der Waals surface area contributed by atoms with Gasteiger partial charge in [-0.05, 0) is 42.4 Å². The molecule has 0 atom stereocenters. The number of rotatable bonds is 5. The van der Waals surface area contributed by atoms with Crippen molar-refractivity contribution in [2.45, 2.75) is 33.1 Å². The highest BCUT2D eigenvalue weighted by molar-refractivity contribution is 9.09. The fraction of sp³-hybridized carbons (Fsp3) is 0.538. The highest BCUT2D eigenvalue weighted by Crippen LogP contribution is 2.33. The summed E-state index contributed by atoms with van der Waals surface area (Å²) in [5.41, 5.74) is 1.72. The molecule has 0 heterocycles. The zero-order chi connectivity index (χ0) is 11.3. The van der Waals surface area contributed by atoms with E-state index in [9.17, 15) is 0 Å². The molecule has 0 aromatic heterocycles. The Bertz CT molecular complexity index is 297. The predicted molar refractivity (Wildman–Crippen MR) is 72.0 cm³/mol. The zero-order valence-electron chi connectivity index (χ0n) is 9.39. The van der Waals surface area contributed by atoms with Gasteiger partial charge in [-0.15, -0.1) is 0 Å². The minimum atomic E-state index is 0.380. The maximum absolute atomic E-state index is 5.99. The van der Waals surface area contributed by atoms with Crippen molar-refractivity contribution < 1.29 is 0 Å². The average molecular weight is 290 g/mol. The highest BCUT2D eigenvalue weighted by atomic mass is 79.9. The Morgan fingerprint density at radius 2 is 1.93 bits per heavy atom. The lowest BCUT2D eigenvalue weighted by atomic mass is 9.79. The van der Waals surface area contributed by atoms with Gasteiger partial charge in [-0.25, -0.2) is 0 Å². The minimum Gasteiger partial charge on any atom is -0.0922 e. The topological polar surface area (TPSA) is 0 Å². The van der Waals surface area contributed by atoms with E-state index in [1.165, 1.54) is 18.4 Å². The summed E-state index contributed by atoms with van der Waals surface area (Å²) >= 11 is 9.63. The Labute approximate surface area is 106 Å². The maximum atomic E-state index is 5.99. The van der Waals surface area contributed by atoms with Gasteiger partial charge in [0.25, 0.3) is 0 Å². The lowest BCUT2D eigenvalue weighted by Crippen LogP contribution is -2.23. The summed E-state index contributed by atoms with van der Waals surface area (Å²) in [6, 6.07) is 8.19. The molecule has 0 spiro atoms. The monoisotopic (exact) mass is 288 g/mol. The van der Waals surface area contributed by atoms with Crippen LogP contribution in [-0.2, 0) is 6.42 Å². The van der Waals surface area contributed by atoms with E-state index in [4.69, 9.17) is 11.6 Å². The first-order valence-corrected chi connectivity index (χ1v) is 6.96. The molecule has 0 aliphatic carbocycles. The van der Waals surface area contributed by atoms with Gasteiger partial charge in [-0.2, -0.15) is 0 Å². The van der Waals surface area contributed by atoms with E-state index >= 15 is 0 Å². The van der Waals surface area contributed by atoms with E-state index in [2.05, 4.69) is 41.9 Å². The Hall–Kier alpha value is -0.0100. The first kappa shape index (κ1) is 13.1. The number of hydrogen-bond donors (Lipinski definition) is 0. The Kier molecular flexibility index (Phi) is 5.14. The average Bonchev–Trinajstić information content (AvgIpc) is 2.26. The maximum Gasteiger partial charge on any atom is 0.0408 e. The summed E-state index contributed by atoms with van der Waals surface area (Å²) in [5.74, 6) is 0. The Balaban J connectivity index is 2.82. The van der Waals surface area contributed by atoms with E-state index in [1.54, 1.807) is 0 Å². The van der Waals surface area contributed by atoms with Gasteiger partial charge in [0, 0.05) is 10.4 Å². The molecule has 84 valence electrons. The van der Waals surface area contributed by atoms with Gasteiger partial charge in [0.05, 0.1) is 0 Å².